The number of nitrogens with zero attached hydrogens (tertiary/aromatic N) is 1. The molecule has 7 nitrogen and oxygen atoms in total. The van der Waals surface area contributed by atoms with Crippen LogP contribution in [0.3, 0.4) is 0 Å². The first-order chi connectivity index (χ1) is 10.4. The Morgan fingerprint density at radius 1 is 1.22 bits per heavy atom. The third-order valence-corrected chi connectivity index (χ3v) is 5.10. The summed E-state index contributed by atoms with van der Waals surface area (Å²) in [6, 6.07) is 5.90. The SMILES string of the molecule is CC(=O)N(C)c1ccc(S(=O)(=O)NC(C)(C)CCC(=O)O)cc1. The van der Waals surface area contributed by atoms with Crippen molar-refractivity contribution in [2.24, 2.45) is 0 Å². The molecule has 0 fully saturated rings. The molecular formula is C15H22N2O5S. The molecule has 0 saturated carbocycles. The summed E-state index contributed by atoms with van der Waals surface area (Å²) in [4.78, 5) is 23.4. The van der Waals surface area contributed by atoms with Crippen molar-refractivity contribution >= 4 is 27.6 Å². The van der Waals surface area contributed by atoms with Crippen LogP contribution < -0.4 is 9.62 Å². The van der Waals surface area contributed by atoms with E-state index < -0.39 is 21.5 Å². The number of carbonyl (C=O) groups excluding carboxylic acids is 1. The lowest BCUT2D eigenvalue weighted by Crippen LogP contribution is -2.43. The molecule has 0 saturated heterocycles. The van der Waals surface area contributed by atoms with Gasteiger partial charge in [-0.1, -0.05) is 0 Å². The molecule has 0 spiro atoms. The fraction of sp³-hybridized carbons (Fsp3) is 0.467. The van der Waals surface area contributed by atoms with Gasteiger partial charge in [-0.2, -0.15) is 0 Å². The lowest BCUT2D eigenvalue weighted by molar-refractivity contribution is -0.137. The maximum absolute atomic E-state index is 12.4. The van der Waals surface area contributed by atoms with Gasteiger partial charge in [0.2, 0.25) is 15.9 Å². The van der Waals surface area contributed by atoms with Crippen LogP contribution in [0.15, 0.2) is 29.2 Å². The molecule has 2 N–H and O–H groups in total. The second-order valence-corrected chi connectivity index (χ2v) is 7.64. The van der Waals surface area contributed by atoms with Crippen molar-refractivity contribution in [1.82, 2.24) is 4.72 Å². The van der Waals surface area contributed by atoms with Gasteiger partial charge in [0.1, 0.15) is 0 Å². The van der Waals surface area contributed by atoms with Gasteiger partial charge < -0.3 is 10.0 Å². The number of carbonyl (C=O) groups is 2. The van der Waals surface area contributed by atoms with E-state index in [0.717, 1.165) is 0 Å². The minimum atomic E-state index is -3.77. The number of aliphatic carboxylic acids is 1. The number of amides is 1. The third-order valence-electron chi connectivity index (χ3n) is 3.38. The monoisotopic (exact) mass is 342 g/mol. The average Bonchev–Trinajstić information content (AvgIpc) is 2.43. The van der Waals surface area contributed by atoms with Gasteiger partial charge in [-0.05, 0) is 44.5 Å². The van der Waals surface area contributed by atoms with Gasteiger partial charge in [0, 0.05) is 31.6 Å². The molecule has 23 heavy (non-hydrogen) atoms. The molecule has 0 unspecified atom stereocenters. The molecule has 0 aliphatic carbocycles. The Hall–Kier alpha value is -1.93. The van der Waals surface area contributed by atoms with Crippen molar-refractivity contribution in [2.75, 3.05) is 11.9 Å². The van der Waals surface area contributed by atoms with Crippen molar-refractivity contribution < 1.29 is 23.1 Å². The zero-order valence-corrected chi connectivity index (χ0v) is 14.5. The number of anilines is 1. The molecule has 0 atom stereocenters. The molecular weight excluding hydrogens is 320 g/mol. The maximum Gasteiger partial charge on any atom is 0.303 e. The van der Waals surface area contributed by atoms with Crippen LogP contribution in [0, 0.1) is 0 Å². The van der Waals surface area contributed by atoms with Crippen LogP contribution in [0.25, 0.3) is 0 Å². The van der Waals surface area contributed by atoms with Gasteiger partial charge in [-0.15, -0.1) is 0 Å². The quantitative estimate of drug-likeness (QED) is 0.783. The molecule has 1 aromatic carbocycles. The summed E-state index contributed by atoms with van der Waals surface area (Å²) in [5.41, 5.74) is -0.298. The highest BCUT2D eigenvalue weighted by Crippen LogP contribution is 2.20. The first kappa shape index (κ1) is 19.1. The molecule has 0 aromatic heterocycles. The summed E-state index contributed by atoms with van der Waals surface area (Å²) in [5.74, 6) is -1.14. The fourth-order valence-corrected chi connectivity index (χ4v) is 3.37. The van der Waals surface area contributed by atoms with Crippen LogP contribution in [0.5, 0.6) is 0 Å². The van der Waals surface area contributed by atoms with Crippen LogP contribution in [0.2, 0.25) is 0 Å². The maximum atomic E-state index is 12.4. The van der Waals surface area contributed by atoms with E-state index in [1.165, 1.54) is 24.0 Å². The number of hydrogen-bond donors (Lipinski definition) is 2. The van der Waals surface area contributed by atoms with E-state index in [2.05, 4.69) is 4.72 Å². The first-order valence-corrected chi connectivity index (χ1v) is 8.53. The van der Waals surface area contributed by atoms with Gasteiger partial charge in [-0.3, -0.25) is 9.59 Å². The Kier molecular flexibility index (Phi) is 5.90. The minimum Gasteiger partial charge on any atom is -0.481 e. The van der Waals surface area contributed by atoms with Crippen LogP contribution >= 0.6 is 0 Å². The Morgan fingerprint density at radius 2 is 1.74 bits per heavy atom. The largest absolute Gasteiger partial charge is 0.481 e. The molecule has 0 bridgehead atoms. The Balaban J connectivity index is 2.92. The zero-order valence-electron chi connectivity index (χ0n) is 13.7. The number of rotatable bonds is 7. The second-order valence-electron chi connectivity index (χ2n) is 5.96. The van der Waals surface area contributed by atoms with Crippen molar-refractivity contribution in [1.29, 1.82) is 0 Å². The smallest absolute Gasteiger partial charge is 0.303 e. The predicted octanol–water partition coefficient (Wildman–Crippen LogP) is 1.59. The zero-order chi connectivity index (χ0) is 17.8. The molecule has 128 valence electrons. The number of carboxylic acid groups (broad SMARTS) is 1. The standard InChI is InChI=1S/C15H22N2O5S/c1-11(18)17(4)12-5-7-13(8-6-12)23(21,22)16-15(2,3)10-9-14(19)20/h5-8,16H,9-10H2,1-4H3,(H,19,20). The van der Waals surface area contributed by atoms with Crippen molar-refractivity contribution in [3.63, 3.8) is 0 Å². The molecule has 0 radical (unpaired) electrons. The van der Waals surface area contributed by atoms with Crippen molar-refractivity contribution in [3.05, 3.63) is 24.3 Å². The first-order valence-electron chi connectivity index (χ1n) is 7.05. The fourth-order valence-electron chi connectivity index (χ4n) is 1.92. The number of nitrogens with one attached hydrogen (secondary N) is 1. The number of carboxylic acids is 1. The summed E-state index contributed by atoms with van der Waals surface area (Å²) >= 11 is 0. The van der Waals surface area contributed by atoms with Gasteiger partial charge in [-0.25, -0.2) is 13.1 Å². The highest BCUT2D eigenvalue weighted by molar-refractivity contribution is 7.89. The van der Waals surface area contributed by atoms with E-state index in [1.54, 1.807) is 33.0 Å². The highest BCUT2D eigenvalue weighted by atomic mass is 32.2. The number of sulfonamides is 1. The average molecular weight is 342 g/mol. The Bertz CT molecular complexity index is 680. The van der Waals surface area contributed by atoms with Crippen LogP contribution in [-0.4, -0.2) is 38.0 Å². The lowest BCUT2D eigenvalue weighted by Gasteiger charge is -2.25. The summed E-state index contributed by atoms with van der Waals surface area (Å²) in [6.07, 6.45) is 0.0462. The van der Waals surface area contributed by atoms with Gasteiger partial charge in [0.05, 0.1) is 4.90 Å². The van der Waals surface area contributed by atoms with E-state index >= 15 is 0 Å². The van der Waals surface area contributed by atoms with Gasteiger partial charge >= 0.3 is 5.97 Å². The van der Waals surface area contributed by atoms with Gasteiger partial charge in [0.25, 0.3) is 0 Å². The van der Waals surface area contributed by atoms with E-state index in [9.17, 15) is 18.0 Å². The number of benzene rings is 1. The molecule has 1 aromatic rings. The van der Waals surface area contributed by atoms with E-state index in [-0.39, 0.29) is 23.6 Å². The molecule has 0 heterocycles. The van der Waals surface area contributed by atoms with Crippen LogP contribution in [-0.2, 0) is 19.6 Å². The predicted molar refractivity (Wildman–Crippen MR) is 86.8 cm³/mol. The lowest BCUT2D eigenvalue weighted by atomic mass is 10.0. The Labute approximate surface area is 136 Å². The molecule has 1 amide bonds. The summed E-state index contributed by atoms with van der Waals surface area (Å²) in [7, 11) is -2.18. The molecule has 8 heteroatoms. The molecule has 0 aliphatic heterocycles. The highest BCUT2D eigenvalue weighted by Gasteiger charge is 2.26. The second kappa shape index (κ2) is 7.10. The van der Waals surface area contributed by atoms with Crippen LogP contribution in [0.4, 0.5) is 5.69 Å². The van der Waals surface area contributed by atoms with Crippen molar-refractivity contribution in [3.8, 4) is 0 Å². The molecule has 0 aliphatic rings. The molecule has 1 rings (SSSR count). The normalized spacial score (nSPS) is 12.0. The third kappa shape index (κ3) is 5.65. The van der Waals surface area contributed by atoms with Crippen molar-refractivity contribution in [2.45, 2.75) is 44.0 Å². The summed E-state index contributed by atoms with van der Waals surface area (Å²) in [5, 5.41) is 8.71. The van der Waals surface area contributed by atoms with Gasteiger partial charge in [0.15, 0.2) is 0 Å². The van der Waals surface area contributed by atoms with E-state index in [0.29, 0.717) is 5.69 Å². The summed E-state index contributed by atoms with van der Waals surface area (Å²) in [6.45, 7) is 4.67. The minimum absolute atomic E-state index is 0.0570. The number of hydrogen-bond acceptors (Lipinski definition) is 4. The van der Waals surface area contributed by atoms with Crippen LogP contribution in [0.1, 0.15) is 33.6 Å². The van der Waals surface area contributed by atoms with E-state index in [1.807, 2.05) is 0 Å². The summed E-state index contributed by atoms with van der Waals surface area (Å²) < 4.78 is 27.2. The van der Waals surface area contributed by atoms with E-state index in [4.69, 9.17) is 5.11 Å². The topological polar surface area (TPSA) is 104 Å². The Morgan fingerprint density at radius 3 is 2.17 bits per heavy atom.